The number of nitrogens with one attached hydrogen (secondary N) is 2. The second-order valence-corrected chi connectivity index (χ2v) is 8.07. The van der Waals surface area contributed by atoms with Gasteiger partial charge in [0.05, 0.1) is 23.9 Å². The lowest BCUT2D eigenvalue weighted by Gasteiger charge is -2.26. The Hall–Kier alpha value is -3.40. The zero-order valence-corrected chi connectivity index (χ0v) is 17.6. The van der Waals surface area contributed by atoms with Crippen LogP contribution < -0.4 is 15.4 Å². The number of amides is 2. The molecule has 0 saturated heterocycles. The van der Waals surface area contributed by atoms with Gasteiger partial charge in [0.2, 0.25) is 5.91 Å². The Morgan fingerprint density at radius 1 is 1.16 bits per heavy atom. The van der Waals surface area contributed by atoms with Gasteiger partial charge >= 0.3 is 6.18 Å². The fourth-order valence-electron chi connectivity index (χ4n) is 3.39. The van der Waals surface area contributed by atoms with Gasteiger partial charge in [-0.3, -0.25) is 14.9 Å². The summed E-state index contributed by atoms with van der Waals surface area (Å²) in [6, 6.07) is 9.37. The van der Waals surface area contributed by atoms with Crippen LogP contribution in [0.3, 0.4) is 0 Å². The fraction of sp³-hybridized carbons (Fsp3) is 0.227. The second kappa shape index (κ2) is 8.62. The number of nitrogens with zero attached hydrogens (tertiary/aromatic N) is 1. The smallest absolute Gasteiger partial charge is 0.416 e. The van der Waals surface area contributed by atoms with E-state index < -0.39 is 17.6 Å². The van der Waals surface area contributed by atoms with E-state index in [2.05, 4.69) is 15.6 Å². The Bertz CT molecular complexity index is 1160. The Morgan fingerprint density at radius 3 is 2.59 bits per heavy atom. The SMILES string of the molecule is CC(=O)NC1CCOc2ccc(-c3csc(NC(=O)c4ccc(C(F)(F)F)cc4)n3)cc21. The van der Waals surface area contributed by atoms with Crippen molar-refractivity contribution in [3.63, 3.8) is 0 Å². The molecular formula is C22H18F3N3O3S. The van der Waals surface area contributed by atoms with Crippen LogP contribution in [0.25, 0.3) is 11.3 Å². The van der Waals surface area contributed by atoms with Gasteiger partial charge in [0.25, 0.3) is 5.91 Å². The van der Waals surface area contributed by atoms with E-state index in [0.29, 0.717) is 29.6 Å². The number of halogens is 3. The monoisotopic (exact) mass is 461 g/mol. The number of benzene rings is 2. The van der Waals surface area contributed by atoms with E-state index in [1.54, 1.807) is 5.38 Å². The normalized spacial score (nSPS) is 15.4. The second-order valence-electron chi connectivity index (χ2n) is 7.21. The zero-order valence-electron chi connectivity index (χ0n) is 16.8. The van der Waals surface area contributed by atoms with Crippen molar-refractivity contribution in [2.75, 3.05) is 11.9 Å². The Balaban J connectivity index is 1.50. The van der Waals surface area contributed by atoms with Crippen molar-refractivity contribution >= 4 is 28.3 Å². The van der Waals surface area contributed by atoms with Crippen molar-refractivity contribution in [2.24, 2.45) is 0 Å². The molecule has 10 heteroatoms. The first-order valence-electron chi connectivity index (χ1n) is 9.69. The minimum absolute atomic E-state index is 0.0961. The van der Waals surface area contributed by atoms with Crippen LogP contribution in [-0.4, -0.2) is 23.4 Å². The molecule has 2 aromatic carbocycles. The van der Waals surface area contributed by atoms with Crippen LogP contribution in [0.2, 0.25) is 0 Å². The first-order chi connectivity index (χ1) is 15.2. The lowest BCUT2D eigenvalue weighted by atomic mass is 9.97. The molecule has 1 aromatic heterocycles. The molecule has 1 unspecified atom stereocenters. The topological polar surface area (TPSA) is 80.3 Å². The van der Waals surface area contributed by atoms with Crippen LogP contribution in [0.15, 0.2) is 47.8 Å². The molecule has 6 nitrogen and oxygen atoms in total. The molecule has 1 aliphatic heterocycles. The summed E-state index contributed by atoms with van der Waals surface area (Å²) < 4.78 is 43.7. The molecule has 0 spiro atoms. The third-order valence-corrected chi connectivity index (χ3v) is 5.68. The molecule has 0 aliphatic carbocycles. The molecule has 0 radical (unpaired) electrons. The highest BCUT2D eigenvalue weighted by Gasteiger charge is 2.30. The quantitative estimate of drug-likeness (QED) is 0.571. The predicted octanol–water partition coefficient (Wildman–Crippen LogP) is 5.04. The summed E-state index contributed by atoms with van der Waals surface area (Å²) in [5, 5.41) is 7.61. The minimum Gasteiger partial charge on any atom is -0.493 e. The van der Waals surface area contributed by atoms with Gasteiger partial charge in [-0.25, -0.2) is 4.98 Å². The van der Waals surface area contributed by atoms with Gasteiger partial charge in [0.1, 0.15) is 5.75 Å². The molecule has 2 amide bonds. The van der Waals surface area contributed by atoms with Crippen molar-refractivity contribution in [1.82, 2.24) is 10.3 Å². The van der Waals surface area contributed by atoms with Gasteiger partial charge in [0.15, 0.2) is 5.13 Å². The van der Waals surface area contributed by atoms with Crippen LogP contribution in [0.4, 0.5) is 18.3 Å². The van der Waals surface area contributed by atoms with Gasteiger partial charge in [-0.15, -0.1) is 11.3 Å². The number of thiazole rings is 1. The van der Waals surface area contributed by atoms with Gasteiger partial charge in [-0.2, -0.15) is 13.2 Å². The molecule has 166 valence electrons. The van der Waals surface area contributed by atoms with Crippen LogP contribution in [0.5, 0.6) is 5.75 Å². The van der Waals surface area contributed by atoms with Crippen LogP contribution in [0.1, 0.15) is 40.9 Å². The maximum absolute atomic E-state index is 12.7. The van der Waals surface area contributed by atoms with Crippen molar-refractivity contribution in [3.05, 3.63) is 64.5 Å². The summed E-state index contributed by atoms with van der Waals surface area (Å²) in [6.07, 6.45) is -3.81. The predicted molar refractivity (Wildman–Crippen MR) is 114 cm³/mol. The summed E-state index contributed by atoms with van der Waals surface area (Å²) in [5.41, 5.74) is 1.54. The molecule has 2 N–H and O–H groups in total. The van der Waals surface area contributed by atoms with Crippen molar-refractivity contribution in [3.8, 4) is 17.0 Å². The van der Waals surface area contributed by atoms with E-state index >= 15 is 0 Å². The van der Waals surface area contributed by atoms with Crippen molar-refractivity contribution in [1.29, 1.82) is 0 Å². The van der Waals surface area contributed by atoms with Crippen LogP contribution in [0, 0.1) is 0 Å². The number of hydrogen-bond acceptors (Lipinski definition) is 5. The van der Waals surface area contributed by atoms with Gasteiger partial charge in [0, 0.05) is 35.4 Å². The molecule has 0 fully saturated rings. The summed E-state index contributed by atoms with van der Waals surface area (Å²) in [4.78, 5) is 28.3. The van der Waals surface area contributed by atoms with E-state index in [9.17, 15) is 22.8 Å². The van der Waals surface area contributed by atoms with E-state index in [-0.39, 0.29) is 17.5 Å². The number of rotatable bonds is 4. The first kappa shape index (κ1) is 21.8. The zero-order chi connectivity index (χ0) is 22.9. The van der Waals surface area contributed by atoms with Gasteiger partial charge < -0.3 is 10.1 Å². The van der Waals surface area contributed by atoms with Crippen LogP contribution in [-0.2, 0) is 11.0 Å². The number of hydrogen-bond donors (Lipinski definition) is 2. The van der Waals surface area contributed by atoms with Crippen LogP contribution >= 0.6 is 11.3 Å². The van der Waals surface area contributed by atoms with Gasteiger partial charge in [-0.05, 0) is 42.5 Å². The summed E-state index contributed by atoms with van der Waals surface area (Å²) in [5.74, 6) is 0.0178. The highest BCUT2D eigenvalue weighted by molar-refractivity contribution is 7.14. The van der Waals surface area contributed by atoms with E-state index in [1.165, 1.54) is 18.3 Å². The number of anilines is 1. The van der Waals surface area contributed by atoms with E-state index in [4.69, 9.17) is 4.74 Å². The average Bonchev–Trinajstić information content (AvgIpc) is 3.21. The van der Waals surface area contributed by atoms with Crippen molar-refractivity contribution < 1.29 is 27.5 Å². The van der Waals surface area contributed by atoms with E-state index in [0.717, 1.165) is 35.4 Å². The van der Waals surface area contributed by atoms with Crippen molar-refractivity contribution in [2.45, 2.75) is 25.6 Å². The Labute approximate surface area is 185 Å². The highest BCUT2D eigenvalue weighted by atomic mass is 32.1. The molecule has 0 saturated carbocycles. The van der Waals surface area contributed by atoms with Gasteiger partial charge in [-0.1, -0.05) is 0 Å². The summed E-state index contributed by atoms with van der Waals surface area (Å²) >= 11 is 1.20. The number of aromatic nitrogens is 1. The molecule has 1 aliphatic rings. The maximum atomic E-state index is 12.7. The molecule has 1 atom stereocenters. The highest BCUT2D eigenvalue weighted by Crippen LogP contribution is 2.36. The largest absolute Gasteiger partial charge is 0.493 e. The standard InChI is InChI=1S/C22H18F3N3O3S/c1-12(29)26-17-8-9-31-19-7-4-14(10-16(17)19)18-11-32-21(27-18)28-20(30)13-2-5-15(6-3-13)22(23,24)25/h2-7,10-11,17H,8-9H2,1H3,(H,26,29)(H,27,28,30). The number of fused-ring (bicyclic) bond motifs is 1. The molecule has 0 bridgehead atoms. The molecule has 2 heterocycles. The molecule has 3 aromatic rings. The van der Waals surface area contributed by atoms with E-state index in [1.807, 2.05) is 18.2 Å². The summed E-state index contributed by atoms with van der Waals surface area (Å²) in [7, 11) is 0. The maximum Gasteiger partial charge on any atom is 0.416 e. The lowest BCUT2D eigenvalue weighted by molar-refractivity contribution is -0.137. The number of ether oxygens (including phenoxy) is 1. The molecular weight excluding hydrogens is 443 g/mol. The average molecular weight is 461 g/mol. The lowest BCUT2D eigenvalue weighted by Crippen LogP contribution is -2.30. The Morgan fingerprint density at radius 2 is 1.91 bits per heavy atom. The third kappa shape index (κ3) is 4.75. The third-order valence-electron chi connectivity index (χ3n) is 4.92. The number of alkyl halides is 3. The molecule has 4 rings (SSSR count). The Kier molecular flexibility index (Phi) is 5.88. The number of carbonyl (C=O) groups is 2. The summed E-state index contributed by atoms with van der Waals surface area (Å²) in [6.45, 7) is 1.97. The molecule has 32 heavy (non-hydrogen) atoms. The first-order valence-corrected chi connectivity index (χ1v) is 10.6. The minimum atomic E-state index is -4.46. The number of carbonyl (C=O) groups excluding carboxylic acids is 2. The fourth-order valence-corrected chi connectivity index (χ4v) is 4.11.